The molecule has 2 rings (SSSR count). The molecule has 1 aromatic rings. The molecule has 1 fully saturated rings. The number of hydrogen-bond donors (Lipinski definition) is 2. The van der Waals surface area contributed by atoms with E-state index in [9.17, 15) is 14.7 Å². The lowest BCUT2D eigenvalue weighted by atomic mass is 9.95. The molecule has 0 aromatic carbocycles. The molecule has 0 bridgehead atoms. The van der Waals surface area contributed by atoms with Gasteiger partial charge in [0.2, 0.25) is 0 Å². The number of aliphatic carboxylic acids is 1. The van der Waals surface area contributed by atoms with Gasteiger partial charge in [-0.25, -0.2) is 9.59 Å². The number of carboxylic acids is 1. The maximum atomic E-state index is 12.3. The first-order valence-electron chi connectivity index (χ1n) is 7.73. The van der Waals surface area contributed by atoms with Gasteiger partial charge >= 0.3 is 12.0 Å². The number of nitrogens with zero attached hydrogens (tertiary/aromatic N) is 2. The number of amides is 2. The Kier molecular flexibility index (Phi) is 5.75. The third-order valence-corrected chi connectivity index (χ3v) is 4.23. The lowest BCUT2D eigenvalue weighted by Crippen LogP contribution is -2.50. The van der Waals surface area contributed by atoms with Crippen molar-refractivity contribution in [1.29, 1.82) is 0 Å². The minimum absolute atomic E-state index is 0.212. The fraction of sp³-hybridized carbons (Fsp3) is 0.562. The van der Waals surface area contributed by atoms with Crippen LogP contribution in [0.3, 0.4) is 0 Å². The molecule has 22 heavy (non-hydrogen) atoms. The van der Waals surface area contributed by atoms with Crippen molar-refractivity contribution in [3.8, 4) is 0 Å². The first-order chi connectivity index (χ1) is 10.6. The van der Waals surface area contributed by atoms with E-state index in [1.165, 1.54) is 6.42 Å². The molecular formula is C16H23N3O3. The van der Waals surface area contributed by atoms with Gasteiger partial charge in [-0.3, -0.25) is 4.98 Å². The van der Waals surface area contributed by atoms with E-state index in [0.29, 0.717) is 0 Å². The van der Waals surface area contributed by atoms with Crippen LogP contribution in [-0.2, 0) is 11.2 Å². The smallest absolute Gasteiger partial charge is 0.326 e. The van der Waals surface area contributed by atoms with Gasteiger partial charge in [-0.2, -0.15) is 0 Å². The second-order valence-corrected chi connectivity index (χ2v) is 5.80. The monoisotopic (exact) mass is 305 g/mol. The molecule has 1 aliphatic carbocycles. The standard InChI is InChI=1S/C16H23N3O3/c1-19(13-5-3-2-4-6-13)16(22)18-14(15(20)21)11-12-7-9-17-10-8-12/h7-10,13-14H,2-6,11H2,1H3,(H,18,22)(H,20,21). The van der Waals surface area contributed by atoms with Crippen molar-refractivity contribution >= 4 is 12.0 Å². The number of urea groups is 1. The van der Waals surface area contributed by atoms with E-state index in [4.69, 9.17) is 0 Å². The van der Waals surface area contributed by atoms with Gasteiger partial charge in [0.05, 0.1) is 0 Å². The molecule has 0 saturated heterocycles. The largest absolute Gasteiger partial charge is 0.480 e. The van der Waals surface area contributed by atoms with Crippen LogP contribution < -0.4 is 5.32 Å². The molecule has 1 saturated carbocycles. The van der Waals surface area contributed by atoms with Crippen molar-refractivity contribution in [2.24, 2.45) is 0 Å². The molecule has 1 heterocycles. The van der Waals surface area contributed by atoms with Crippen molar-refractivity contribution < 1.29 is 14.7 Å². The zero-order valence-electron chi connectivity index (χ0n) is 12.9. The highest BCUT2D eigenvalue weighted by molar-refractivity contribution is 5.82. The van der Waals surface area contributed by atoms with E-state index in [2.05, 4.69) is 10.3 Å². The molecule has 6 heteroatoms. The summed E-state index contributed by atoms with van der Waals surface area (Å²) in [5.74, 6) is -1.03. The Bertz CT molecular complexity index is 501. The number of carbonyl (C=O) groups is 2. The molecule has 6 nitrogen and oxygen atoms in total. The molecule has 0 spiro atoms. The maximum absolute atomic E-state index is 12.3. The molecule has 0 aliphatic heterocycles. The van der Waals surface area contributed by atoms with Crippen LogP contribution >= 0.6 is 0 Å². The van der Waals surface area contributed by atoms with E-state index in [0.717, 1.165) is 31.2 Å². The van der Waals surface area contributed by atoms with Gasteiger partial charge in [0.25, 0.3) is 0 Å². The van der Waals surface area contributed by atoms with Gasteiger partial charge in [0.1, 0.15) is 6.04 Å². The Balaban J connectivity index is 1.95. The van der Waals surface area contributed by atoms with Crippen molar-refractivity contribution in [2.45, 2.75) is 50.6 Å². The van der Waals surface area contributed by atoms with Crippen molar-refractivity contribution in [2.75, 3.05) is 7.05 Å². The third-order valence-electron chi connectivity index (χ3n) is 4.23. The number of carboxylic acid groups (broad SMARTS) is 1. The van der Waals surface area contributed by atoms with Gasteiger partial charge in [0.15, 0.2) is 0 Å². The predicted molar refractivity (Wildman–Crippen MR) is 82.5 cm³/mol. The van der Waals surface area contributed by atoms with Gasteiger partial charge in [-0.1, -0.05) is 19.3 Å². The Morgan fingerprint density at radius 2 is 1.95 bits per heavy atom. The van der Waals surface area contributed by atoms with Gasteiger partial charge in [0, 0.05) is 31.9 Å². The zero-order valence-corrected chi connectivity index (χ0v) is 12.9. The van der Waals surface area contributed by atoms with Gasteiger partial charge < -0.3 is 15.3 Å². The van der Waals surface area contributed by atoms with E-state index in [1.54, 1.807) is 36.5 Å². The third kappa shape index (κ3) is 4.44. The van der Waals surface area contributed by atoms with Gasteiger partial charge in [-0.05, 0) is 30.5 Å². The summed E-state index contributed by atoms with van der Waals surface area (Å²) < 4.78 is 0. The van der Waals surface area contributed by atoms with Crippen LogP contribution in [0.15, 0.2) is 24.5 Å². The lowest BCUT2D eigenvalue weighted by Gasteiger charge is -2.32. The van der Waals surface area contributed by atoms with Crippen LogP contribution in [-0.4, -0.2) is 46.1 Å². The van der Waals surface area contributed by atoms with Crippen LogP contribution in [0.1, 0.15) is 37.7 Å². The average molecular weight is 305 g/mol. The minimum Gasteiger partial charge on any atom is -0.480 e. The predicted octanol–water partition coefficient (Wildman–Crippen LogP) is 2.05. The maximum Gasteiger partial charge on any atom is 0.326 e. The molecule has 2 amide bonds. The molecule has 1 atom stereocenters. The fourth-order valence-electron chi connectivity index (χ4n) is 2.84. The van der Waals surface area contributed by atoms with Crippen LogP contribution in [0.5, 0.6) is 0 Å². The number of aromatic nitrogens is 1. The number of hydrogen-bond acceptors (Lipinski definition) is 3. The highest BCUT2D eigenvalue weighted by Gasteiger charge is 2.26. The summed E-state index contributed by atoms with van der Waals surface area (Å²) in [7, 11) is 1.75. The SMILES string of the molecule is CN(C(=O)NC(Cc1ccncc1)C(=O)O)C1CCCCC1. The quantitative estimate of drug-likeness (QED) is 0.872. The minimum atomic E-state index is -1.03. The summed E-state index contributed by atoms with van der Waals surface area (Å²) in [6.07, 6.45) is 8.93. The molecular weight excluding hydrogens is 282 g/mol. The van der Waals surface area contributed by atoms with E-state index in [-0.39, 0.29) is 18.5 Å². The highest BCUT2D eigenvalue weighted by atomic mass is 16.4. The van der Waals surface area contributed by atoms with Crippen LogP contribution in [0, 0.1) is 0 Å². The first kappa shape index (κ1) is 16.3. The van der Waals surface area contributed by atoms with Crippen molar-refractivity contribution in [3.63, 3.8) is 0 Å². The summed E-state index contributed by atoms with van der Waals surface area (Å²) >= 11 is 0. The fourth-order valence-corrected chi connectivity index (χ4v) is 2.84. The van der Waals surface area contributed by atoms with Gasteiger partial charge in [-0.15, -0.1) is 0 Å². The molecule has 1 unspecified atom stereocenters. The molecule has 0 radical (unpaired) electrons. The Labute approximate surface area is 130 Å². The Morgan fingerprint density at radius 1 is 1.32 bits per heavy atom. The summed E-state index contributed by atoms with van der Waals surface area (Å²) in [5, 5.41) is 12.0. The van der Waals surface area contributed by atoms with E-state index < -0.39 is 12.0 Å². The molecule has 1 aromatic heterocycles. The van der Waals surface area contributed by atoms with Crippen molar-refractivity contribution in [3.05, 3.63) is 30.1 Å². The first-order valence-corrected chi connectivity index (χ1v) is 7.73. The summed E-state index contributed by atoms with van der Waals surface area (Å²) in [6, 6.07) is 2.48. The highest BCUT2D eigenvalue weighted by Crippen LogP contribution is 2.21. The number of pyridine rings is 1. The average Bonchev–Trinajstić information content (AvgIpc) is 2.55. The lowest BCUT2D eigenvalue weighted by molar-refractivity contribution is -0.139. The van der Waals surface area contributed by atoms with E-state index >= 15 is 0 Å². The Morgan fingerprint density at radius 3 is 2.55 bits per heavy atom. The number of carbonyl (C=O) groups excluding carboxylic acids is 1. The topological polar surface area (TPSA) is 82.5 Å². The Hall–Kier alpha value is -2.11. The normalized spacial score (nSPS) is 16.8. The molecule has 1 aliphatic rings. The van der Waals surface area contributed by atoms with Crippen molar-refractivity contribution in [1.82, 2.24) is 15.2 Å². The molecule has 2 N–H and O–H groups in total. The second-order valence-electron chi connectivity index (χ2n) is 5.80. The summed E-state index contributed by atoms with van der Waals surface area (Å²) in [5.41, 5.74) is 0.836. The van der Waals surface area contributed by atoms with Crippen LogP contribution in [0.25, 0.3) is 0 Å². The summed E-state index contributed by atoms with van der Waals surface area (Å²) in [6.45, 7) is 0. The molecule has 120 valence electrons. The zero-order chi connectivity index (χ0) is 15.9. The van der Waals surface area contributed by atoms with Crippen LogP contribution in [0.2, 0.25) is 0 Å². The summed E-state index contributed by atoms with van der Waals surface area (Å²) in [4.78, 5) is 29.2. The van der Waals surface area contributed by atoms with Crippen LogP contribution in [0.4, 0.5) is 4.79 Å². The van der Waals surface area contributed by atoms with E-state index in [1.807, 2.05) is 0 Å². The number of rotatable bonds is 5. The second kappa shape index (κ2) is 7.77. The number of nitrogens with one attached hydrogen (secondary N) is 1.